The number of aromatic nitrogens is 2. The molecule has 2 aliphatic heterocycles. The monoisotopic (exact) mass is 239 g/mol. The van der Waals surface area contributed by atoms with Crippen molar-refractivity contribution in [2.45, 2.75) is 6.42 Å². The second-order valence-electron chi connectivity index (χ2n) is 4.46. The highest BCUT2D eigenvalue weighted by molar-refractivity contribution is 6.31. The van der Waals surface area contributed by atoms with Crippen LogP contribution in [-0.4, -0.2) is 36.3 Å². The highest BCUT2D eigenvalue weighted by Crippen LogP contribution is 2.32. The Morgan fingerprint density at radius 3 is 2.94 bits per heavy atom. The molecule has 16 heavy (non-hydrogen) atoms. The molecule has 86 valence electrons. The van der Waals surface area contributed by atoms with E-state index >= 15 is 0 Å². The fraction of sp³-hybridized carbons (Fsp3) is 0.636. The summed E-state index contributed by atoms with van der Waals surface area (Å²) >= 11 is 6.05. The summed E-state index contributed by atoms with van der Waals surface area (Å²) in [5.41, 5.74) is 0. The number of anilines is 1. The lowest BCUT2D eigenvalue weighted by Gasteiger charge is -2.34. The third-order valence-corrected chi connectivity index (χ3v) is 3.76. The first-order valence-corrected chi connectivity index (χ1v) is 6.01. The average molecular weight is 240 g/mol. The van der Waals surface area contributed by atoms with Crippen LogP contribution >= 0.6 is 11.6 Å². The van der Waals surface area contributed by atoms with Crippen LogP contribution in [0.5, 0.6) is 0 Å². The minimum absolute atomic E-state index is 0.500. The molecule has 0 aliphatic carbocycles. The van der Waals surface area contributed by atoms with Gasteiger partial charge in [-0.2, -0.15) is 0 Å². The summed E-state index contributed by atoms with van der Waals surface area (Å²) in [5, 5.41) is 0.500. The van der Waals surface area contributed by atoms with Crippen LogP contribution in [0.4, 0.5) is 5.82 Å². The molecule has 2 aliphatic rings. The number of halogens is 1. The fourth-order valence-corrected chi connectivity index (χ4v) is 2.80. The molecule has 0 N–H and O–H groups in total. The van der Waals surface area contributed by atoms with Crippen LogP contribution in [0.25, 0.3) is 0 Å². The first-order chi connectivity index (χ1) is 7.84. The Balaban J connectivity index is 1.79. The van der Waals surface area contributed by atoms with Gasteiger partial charge in [0.1, 0.15) is 0 Å². The maximum Gasteiger partial charge on any atom is 0.171 e. The molecule has 0 aromatic carbocycles. The van der Waals surface area contributed by atoms with Crippen molar-refractivity contribution in [3.8, 4) is 0 Å². The maximum absolute atomic E-state index is 6.05. The molecular weight excluding hydrogens is 226 g/mol. The Bertz CT molecular complexity index is 387. The van der Waals surface area contributed by atoms with Crippen molar-refractivity contribution in [2.24, 2.45) is 11.8 Å². The molecule has 0 radical (unpaired) electrons. The van der Waals surface area contributed by atoms with E-state index in [1.165, 1.54) is 0 Å². The normalized spacial score (nSPS) is 29.2. The lowest BCUT2D eigenvalue weighted by Crippen LogP contribution is -2.40. The predicted molar refractivity (Wildman–Crippen MR) is 61.7 cm³/mol. The predicted octanol–water partition coefficient (Wildman–Crippen LogP) is 1.60. The minimum atomic E-state index is 0.500. The van der Waals surface area contributed by atoms with E-state index in [4.69, 9.17) is 16.3 Å². The summed E-state index contributed by atoms with van der Waals surface area (Å²) in [6.45, 7) is 3.79. The molecule has 0 unspecified atom stereocenters. The molecule has 3 rings (SSSR count). The van der Waals surface area contributed by atoms with E-state index in [2.05, 4.69) is 14.9 Å². The van der Waals surface area contributed by atoms with Gasteiger partial charge in [0, 0.05) is 38.0 Å². The first kappa shape index (κ1) is 10.3. The van der Waals surface area contributed by atoms with Crippen molar-refractivity contribution < 1.29 is 4.74 Å². The van der Waals surface area contributed by atoms with Crippen molar-refractivity contribution in [3.05, 3.63) is 17.5 Å². The van der Waals surface area contributed by atoms with Crippen molar-refractivity contribution in [2.75, 3.05) is 31.2 Å². The summed E-state index contributed by atoms with van der Waals surface area (Å²) in [7, 11) is 0. The molecule has 0 saturated carbocycles. The molecular formula is C11H14ClN3O. The van der Waals surface area contributed by atoms with E-state index < -0.39 is 0 Å². The summed E-state index contributed by atoms with van der Waals surface area (Å²) in [4.78, 5) is 10.6. The van der Waals surface area contributed by atoms with E-state index in [1.807, 2.05) is 0 Å². The van der Waals surface area contributed by atoms with E-state index in [0.717, 1.165) is 44.5 Å². The van der Waals surface area contributed by atoms with Gasteiger partial charge in [-0.25, -0.2) is 9.97 Å². The topological polar surface area (TPSA) is 38.2 Å². The van der Waals surface area contributed by atoms with Gasteiger partial charge >= 0.3 is 0 Å². The molecule has 3 heterocycles. The van der Waals surface area contributed by atoms with E-state index in [0.29, 0.717) is 11.1 Å². The molecule has 5 heteroatoms. The van der Waals surface area contributed by atoms with Crippen molar-refractivity contribution in [1.82, 2.24) is 9.97 Å². The fourth-order valence-electron chi connectivity index (χ4n) is 2.58. The van der Waals surface area contributed by atoms with Gasteiger partial charge in [-0.05, 0) is 12.3 Å². The third kappa shape index (κ3) is 1.76. The molecule has 2 atom stereocenters. The largest absolute Gasteiger partial charge is 0.381 e. The molecule has 2 saturated heterocycles. The number of rotatable bonds is 1. The Morgan fingerprint density at radius 2 is 2.06 bits per heavy atom. The molecule has 1 aromatic rings. The van der Waals surface area contributed by atoms with Gasteiger partial charge < -0.3 is 9.64 Å². The quantitative estimate of drug-likeness (QED) is 0.746. The van der Waals surface area contributed by atoms with E-state index in [-0.39, 0.29) is 0 Å². The lowest BCUT2D eigenvalue weighted by atomic mass is 9.89. The van der Waals surface area contributed by atoms with Crippen molar-refractivity contribution >= 4 is 17.4 Å². The number of nitrogens with zero attached hydrogens (tertiary/aromatic N) is 3. The highest BCUT2D eigenvalue weighted by Gasteiger charge is 2.34. The molecule has 1 aromatic heterocycles. The Hall–Kier alpha value is -0.870. The zero-order valence-corrected chi connectivity index (χ0v) is 9.73. The van der Waals surface area contributed by atoms with Crippen LogP contribution in [-0.2, 0) is 4.74 Å². The second kappa shape index (κ2) is 4.18. The van der Waals surface area contributed by atoms with Crippen molar-refractivity contribution in [3.63, 3.8) is 0 Å². The van der Waals surface area contributed by atoms with E-state index in [1.54, 1.807) is 12.4 Å². The van der Waals surface area contributed by atoms with Crippen molar-refractivity contribution in [1.29, 1.82) is 0 Å². The molecule has 0 amide bonds. The average Bonchev–Trinajstić information content (AvgIpc) is 2.76. The molecule has 0 bridgehead atoms. The summed E-state index contributed by atoms with van der Waals surface area (Å²) in [5.74, 6) is 2.17. The number of fused-ring (bicyclic) bond motifs is 1. The number of hydrogen-bond acceptors (Lipinski definition) is 4. The van der Waals surface area contributed by atoms with Crippen LogP contribution in [0.15, 0.2) is 12.4 Å². The Kier molecular flexibility index (Phi) is 2.69. The highest BCUT2D eigenvalue weighted by atomic mass is 35.5. The van der Waals surface area contributed by atoms with Gasteiger partial charge in [0.2, 0.25) is 0 Å². The Labute approximate surface area is 99.6 Å². The Morgan fingerprint density at radius 1 is 1.25 bits per heavy atom. The van der Waals surface area contributed by atoms with Gasteiger partial charge in [0.05, 0.1) is 6.61 Å². The molecule has 4 nitrogen and oxygen atoms in total. The van der Waals surface area contributed by atoms with Gasteiger partial charge in [-0.15, -0.1) is 0 Å². The maximum atomic E-state index is 6.05. The zero-order valence-electron chi connectivity index (χ0n) is 8.97. The minimum Gasteiger partial charge on any atom is -0.381 e. The first-order valence-electron chi connectivity index (χ1n) is 5.64. The van der Waals surface area contributed by atoms with Crippen LogP contribution < -0.4 is 4.90 Å². The third-order valence-electron chi connectivity index (χ3n) is 3.49. The van der Waals surface area contributed by atoms with Crippen LogP contribution in [0, 0.1) is 11.8 Å². The van der Waals surface area contributed by atoms with Gasteiger partial charge in [0.25, 0.3) is 0 Å². The number of hydrogen-bond donors (Lipinski definition) is 0. The van der Waals surface area contributed by atoms with Gasteiger partial charge in [-0.3, -0.25) is 0 Å². The van der Waals surface area contributed by atoms with E-state index in [9.17, 15) is 0 Å². The zero-order chi connectivity index (χ0) is 11.0. The summed E-state index contributed by atoms with van der Waals surface area (Å²) < 4.78 is 5.51. The van der Waals surface area contributed by atoms with Gasteiger partial charge in [-0.1, -0.05) is 11.6 Å². The SMILES string of the molecule is Clc1nccnc1N1CC[C@@H]2COC[C@@H]2C1. The number of piperidine rings is 1. The molecule has 0 spiro atoms. The lowest BCUT2D eigenvalue weighted by molar-refractivity contribution is 0.182. The van der Waals surface area contributed by atoms with Crippen LogP contribution in [0.1, 0.15) is 6.42 Å². The smallest absolute Gasteiger partial charge is 0.171 e. The summed E-state index contributed by atoms with van der Waals surface area (Å²) in [6, 6.07) is 0. The number of ether oxygens (including phenoxy) is 1. The summed E-state index contributed by atoms with van der Waals surface area (Å²) in [6.07, 6.45) is 4.48. The second-order valence-corrected chi connectivity index (χ2v) is 4.82. The standard InChI is InChI=1S/C11H14ClN3O/c12-10-11(14-3-2-13-10)15-4-1-8-6-16-7-9(8)5-15/h2-3,8-9H,1,4-7H2/t8-,9+/m1/s1. The van der Waals surface area contributed by atoms with Gasteiger partial charge in [0.15, 0.2) is 11.0 Å². The molecule has 2 fully saturated rings. The van der Waals surface area contributed by atoms with Crippen LogP contribution in [0.2, 0.25) is 5.15 Å². The van der Waals surface area contributed by atoms with Crippen LogP contribution in [0.3, 0.4) is 0 Å².